The molecule has 1 aliphatic carbocycles. The van der Waals surface area contributed by atoms with Crippen molar-refractivity contribution in [1.82, 2.24) is 0 Å². The number of halogens is 1. The molecule has 1 aromatic rings. The Morgan fingerprint density at radius 2 is 2.05 bits per heavy atom. The number of aliphatic hydroxyl groups is 1. The molecule has 19 heavy (non-hydrogen) atoms. The third-order valence-corrected chi connectivity index (χ3v) is 3.84. The summed E-state index contributed by atoms with van der Waals surface area (Å²) in [4.78, 5) is 13.4. The summed E-state index contributed by atoms with van der Waals surface area (Å²) < 4.78 is 0. The van der Waals surface area contributed by atoms with Crippen molar-refractivity contribution < 1.29 is 15.0 Å². The van der Waals surface area contributed by atoms with Crippen molar-refractivity contribution in [3.05, 3.63) is 28.8 Å². The number of carbonyl (C=O) groups is 1. The highest BCUT2D eigenvalue weighted by Crippen LogP contribution is 2.31. The van der Waals surface area contributed by atoms with Gasteiger partial charge in [0.15, 0.2) is 0 Å². The first-order chi connectivity index (χ1) is 9.13. The molecule has 104 valence electrons. The van der Waals surface area contributed by atoms with Gasteiger partial charge in [-0.1, -0.05) is 24.4 Å². The van der Waals surface area contributed by atoms with Crippen LogP contribution in [0.25, 0.3) is 0 Å². The first-order valence-electron chi connectivity index (χ1n) is 6.54. The highest BCUT2D eigenvalue weighted by Gasteiger charge is 2.25. The van der Waals surface area contributed by atoms with Crippen molar-refractivity contribution in [2.45, 2.75) is 31.7 Å². The van der Waals surface area contributed by atoms with Gasteiger partial charge in [0.2, 0.25) is 0 Å². The summed E-state index contributed by atoms with van der Waals surface area (Å²) in [5.41, 5.74) is 0.853. The molecule has 0 heterocycles. The van der Waals surface area contributed by atoms with Crippen LogP contribution in [0.3, 0.4) is 0 Å². The van der Waals surface area contributed by atoms with Crippen molar-refractivity contribution >= 4 is 23.3 Å². The van der Waals surface area contributed by atoms with E-state index in [1.807, 2.05) is 4.90 Å². The normalized spacial score (nSPS) is 15.7. The van der Waals surface area contributed by atoms with Gasteiger partial charge >= 0.3 is 5.97 Å². The fourth-order valence-corrected chi connectivity index (χ4v) is 2.93. The summed E-state index contributed by atoms with van der Waals surface area (Å²) >= 11 is 5.87. The maximum absolute atomic E-state index is 11.3. The quantitative estimate of drug-likeness (QED) is 0.872. The van der Waals surface area contributed by atoms with Crippen LogP contribution in [0, 0.1) is 0 Å². The number of aromatic carboxylic acids is 1. The lowest BCUT2D eigenvalue weighted by atomic mass is 10.1. The number of carboxylic acid groups (broad SMARTS) is 1. The molecule has 5 heteroatoms. The molecule has 0 atom stereocenters. The van der Waals surface area contributed by atoms with Crippen molar-refractivity contribution in [1.29, 1.82) is 0 Å². The SMILES string of the molecule is O=C(O)c1cc(Cl)ccc1N(CCO)C1CCCC1. The van der Waals surface area contributed by atoms with Gasteiger partial charge in [-0.3, -0.25) is 0 Å². The monoisotopic (exact) mass is 283 g/mol. The predicted octanol–water partition coefficient (Wildman–Crippen LogP) is 2.78. The molecule has 0 bridgehead atoms. The van der Waals surface area contributed by atoms with Crippen molar-refractivity contribution in [3.8, 4) is 0 Å². The fraction of sp³-hybridized carbons (Fsp3) is 0.500. The Hall–Kier alpha value is -1.26. The minimum Gasteiger partial charge on any atom is -0.478 e. The van der Waals surface area contributed by atoms with E-state index in [-0.39, 0.29) is 12.2 Å². The highest BCUT2D eigenvalue weighted by molar-refractivity contribution is 6.31. The van der Waals surface area contributed by atoms with Gasteiger partial charge in [-0.25, -0.2) is 4.79 Å². The average molecular weight is 284 g/mol. The van der Waals surface area contributed by atoms with E-state index in [4.69, 9.17) is 11.6 Å². The lowest BCUT2D eigenvalue weighted by molar-refractivity contribution is 0.0697. The summed E-state index contributed by atoms with van der Waals surface area (Å²) in [6, 6.07) is 5.22. The Morgan fingerprint density at radius 3 is 2.63 bits per heavy atom. The van der Waals surface area contributed by atoms with Crippen LogP contribution in [-0.2, 0) is 0 Å². The number of nitrogens with zero attached hydrogens (tertiary/aromatic N) is 1. The maximum atomic E-state index is 11.3. The van der Waals surface area contributed by atoms with Crippen LogP contribution < -0.4 is 4.90 Å². The molecule has 1 fully saturated rings. The standard InChI is InChI=1S/C14H18ClNO3/c15-10-5-6-13(12(9-10)14(18)19)16(7-8-17)11-3-1-2-4-11/h5-6,9,11,17H,1-4,7-8H2,(H,18,19). The van der Waals surface area contributed by atoms with Crippen LogP contribution in [0.5, 0.6) is 0 Å². The zero-order valence-corrected chi connectivity index (χ0v) is 11.4. The molecule has 2 N–H and O–H groups in total. The molecule has 4 nitrogen and oxygen atoms in total. The van der Waals surface area contributed by atoms with Crippen molar-refractivity contribution in [2.24, 2.45) is 0 Å². The van der Waals surface area contributed by atoms with E-state index >= 15 is 0 Å². The van der Waals surface area contributed by atoms with Gasteiger partial charge in [0, 0.05) is 17.6 Å². The maximum Gasteiger partial charge on any atom is 0.337 e. The van der Waals surface area contributed by atoms with Crippen molar-refractivity contribution in [2.75, 3.05) is 18.1 Å². The van der Waals surface area contributed by atoms with E-state index < -0.39 is 5.97 Å². The number of benzene rings is 1. The molecule has 0 aromatic heterocycles. The summed E-state index contributed by atoms with van der Waals surface area (Å²) in [6.07, 6.45) is 4.40. The van der Waals surface area contributed by atoms with Gasteiger partial charge in [0.25, 0.3) is 0 Å². The van der Waals surface area contributed by atoms with Crippen LogP contribution in [0.4, 0.5) is 5.69 Å². The first kappa shape index (κ1) is 14.2. The number of rotatable bonds is 5. The molecule has 0 amide bonds. The predicted molar refractivity (Wildman–Crippen MR) is 75.1 cm³/mol. The van der Waals surface area contributed by atoms with Gasteiger partial charge < -0.3 is 15.1 Å². The van der Waals surface area contributed by atoms with Crippen LogP contribution in [0.1, 0.15) is 36.0 Å². The minimum atomic E-state index is -0.988. The van der Waals surface area contributed by atoms with Gasteiger partial charge in [0.05, 0.1) is 17.9 Å². The molecule has 1 aliphatic rings. The third kappa shape index (κ3) is 3.19. The van der Waals surface area contributed by atoms with Crippen LogP contribution in [0.15, 0.2) is 18.2 Å². The molecule has 2 rings (SSSR count). The van der Waals surface area contributed by atoms with E-state index in [0.29, 0.717) is 23.3 Å². The second-order valence-electron chi connectivity index (χ2n) is 4.82. The summed E-state index contributed by atoms with van der Waals surface area (Å²) in [5.74, 6) is -0.988. The van der Waals surface area contributed by atoms with E-state index in [1.165, 1.54) is 6.07 Å². The summed E-state index contributed by atoms with van der Waals surface area (Å²) in [7, 11) is 0. The molecule has 0 saturated heterocycles. The largest absolute Gasteiger partial charge is 0.478 e. The lowest BCUT2D eigenvalue weighted by Gasteiger charge is -2.31. The van der Waals surface area contributed by atoms with Gasteiger partial charge in [0.1, 0.15) is 0 Å². The van der Waals surface area contributed by atoms with Crippen LogP contribution in [-0.4, -0.2) is 35.4 Å². The molecule has 1 aromatic carbocycles. The summed E-state index contributed by atoms with van der Waals surface area (Å²) in [5, 5.41) is 18.9. The molecule has 0 aliphatic heterocycles. The van der Waals surface area contributed by atoms with E-state index in [9.17, 15) is 15.0 Å². The topological polar surface area (TPSA) is 60.8 Å². The Labute approximate surface area is 117 Å². The Kier molecular flexibility index (Phi) is 4.66. The number of hydrogen-bond donors (Lipinski definition) is 2. The Balaban J connectivity index is 2.37. The lowest BCUT2D eigenvalue weighted by Crippen LogP contribution is -2.36. The first-order valence-corrected chi connectivity index (χ1v) is 6.91. The molecule has 0 unspecified atom stereocenters. The zero-order valence-electron chi connectivity index (χ0n) is 10.7. The Morgan fingerprint density at radius 1 is 1.37 bits per heavy atom. The number of aliphatic hydroxyl groups excluding tert-OH is 1. The zero-order chi connectivity index (χ0) is 13.8. The molecule has 0 radical (unpaired) electrons. The van der Waals surface area contributed by atoms with E-state index in [0.717, 1.165) is 25.7 Å². The molecule has 0 spiro atoms. The molecular weight excluding hydrogens is 266 g/mol. The Bertz CT molecular complexity index is 458. The van der Waals surface area contributed by atoms with E-state index in [2.05, 4.69) is 0 Å². The van der Waals surface area contributed by atoms with Gasteiger partial charge in [-0.15, -0.1) is 0 Å². The second-order valence-corrected chi connectivity index (χ2v) is 5.26. The van der Waals surface area contributed by atoms with Crippen molar-refractivity contribution in [3.63, 3.8) is 0 Å². The molecule has 1 saturated carbocycles. The number of anilines is 1. The number of carboxylic acids is 1. The number of hydrogen-bond acceptors (Lipinski definition) is 3. The third-order valence-electron chi connectivity index (χ3n) is 3.60. The summed E-state index contributed by atoms with van der Waals surface area (Å²) in [6.45, 7) is 0.463. The van der Waals surface area contributed by atoms with Gasteiger partial charge in [-0.2, -0.15) is 0 Å². The molecular formula is C14H18ClNO3. The average Bonchev–Trinajstić information content (AvgIpc) is 2.90. The highest BCUT2D eigenvalue weighted by atomic mass is 35.5. The van der Waals surface area contributed by atoms with Gasteiger partial charge in [-0.05, 0) is 31.0 Å². The minimum absolute atomic E-state index is 0.0121. The van der Waals surface area contributed by atoms with Crippen LogP contribution >= 0.6 is 11.6 Å². The van der Waals surface area contributed by atoms with E-state index in [1.54, 1.807) is 12.1 Å². The second kappa shape index (κ2) is 6.26. The smallest absolute Gasteiger partial charge is 0.337 e. The fourth-order valence-electron chi connectivity index (χ4n) is 2.75. The van der Waals surface area contributed by atoms with Crippen LogP contribution in [0.2, 0.25) is 5.02 Å².